The summed E-state index contributed by atoms with van der Waals surface area (Å²) in [7, 11) is 0. The van der Waals surface area contributed by atoms with Gasteiger partial charge in [0.2, 0.25) is 5.88 Å². The molecule has 0 atom stereocenters. The maximum absolute atomic E-state index is 5.85. The Kier molecular flexibility index (Phi) is 4.39. The second kappa shape index (κ2) is 6.23. The summed E-state index contributed by atoms with van der Waals surface area (Å²) in [5.41, 5.74) is 8.63. The molecule has 2 rings (SSSR count). The SMILES string of the molecule is CCCCc1ccc(Oc2nc(C)ccc2N)cc1. The first-order chi connectivity index (χ1) is 9.19. The Labute approximate surface area is 114 Å². The maximum atomic E-state index is 5.85. The first-order valence-electron chi connectivity index (χ1n) is 6.69. The van der Waals surface area contributed by atoms with Gasteiger partial charge in [0.15, 0.2) is 0 Å². The second-order valence-electron chi connectivity index (χ2n) is 4.70. The van der Waals surface area contributed by atoms with Gasteiger partial charge in [-0.1, -0.05) is 25.5 Å². The number of ether oxygens (including phenoxy) is 1. The average molecular weight is 256 g/mol. The highest BCUT2D eigenvalue weighted by Crippen LogP contribution is 2.25. The van der Waals surface area contributed by atoms with E-state index < -0.39 is 0 Å². The van der Waals surface area contributed by atoms with Crippen LogP contribution in [0, 0.1) is 6.92 Å². The van der Waals surface area contributed by atoms with Gasteiger partial charge < -0.3 is 10.5 Å². The fourth-order valence-electron chi connectivity index (χ4n) is 1.84. The number of nitrogens with two attached hydrogens (primary N) is 1. The molecule has 0 bridgehead atoms. The van der Waals surface area contributed by atoms with Gasteiger partial charge >= 0.3 is 0 Å². The molecule has 0 spiro atoms. The number of nitrogens with zero attached hydrogens (tertiary/aromatic N) is 1. The van der Waals surface area contributed by atoms with Gasteiger partial charge in [-0.2, -0.15) is 0 Å². The average Bonchev–Trinajstić information content (AvgIpc) is 2.42. The van der Waals surface area contributed by atoms with Crippen molar-refractivity contribution in [3.05, 3.63) is 47.7 Å². The lowest BCUT2D eigenvalue weighted by Crippen LogP contribution is -1.96. The molecule has 1 heterocycles. The van der Waals surface area contributed by atoms with Crippen molar-refractivity contribution in [1.82, 2.24) is 4.98 Å². The summed E-state index contributed by atoms with van der Waals surface area (Å²) in [5, 5.41) is 0. The van der Waals surface area contributed by atoms with E-state index in [2.05, 4.69) is 24.0 Å². The van der Waals surface area contributed by atoms with E-state index in [-0.39, 0.29) is 0 Å². The summed E-state index contributed by atoms with van der Waals surface area (Å²) >= 11 is 0. The van der Waals surface area contributed by atoms with E-state index >= 15 is 0 Å². The predicted molar refractivity (Wildman–Crippen MR) is 78.5 cm³/mol. The first-order valence-corrected chi connectivity index (χ1v) is 6.69. The molecule has 3 heteroatoms. The molecule has 0 saturated heterocycles. The van der Waals surface area contributed by atoms with Gasteiger partial charge in [-0.15, -0.1) is 0 Å². The summed E-state index contributed by atoms with van der Waals surface area (Å²) in [6.45, 7) is 4.11. The molecule has 0 aliphatic heterocycles. The standard InChI is InChI=1S/C16H20N2O/c1-3-4-5-13-7-9-14(10-8-13)19-16-15(17)11-6-12(2)18-16/h6-11H,3-5,17H2,1-2H3. The minimum atomic E-state index is 0.473. The molecule has 2 aromatic rings. The Morgan fingerprint density at radius 3 is 2.53 bits per heavy atom. The third-order valence-electron chi connectivity index (χ3n) is 2.99. The van der Waals surface area contributed by atoms with Gasteiger partial charge in [0, 0.05) is 5.69 Å². The van der Waals surface area contributed by atoms with Crippen molar-refractivity contribution < 1.29 is 4.74 Å². The predicted octanol–water partition coefficient (Wildman–Crippen LogP) is 4.11. The molecule has 3 nitrogen and oxygen atoms in total. The summed E-state index contributed by atoms with van der Waals surface area (Å²) < 4.78 is 5.71. The normalized spacial score (nSPS) is 10.4. The molecule has 0 unspecified atom stereocenters. The zero-order valence-corrected chi connectivity index (χ0v) is 11.5. The smallest absolute Gasteiger partial charge is 0.242 e. The van der Waals surface area contributed by atoms with Crippen molar-refractivity contribution in [2.24, 2.45) is 0 Å². The van der Waals surface area contributed by atoms with Crippen LogP contribution >= 0.6 is 0 Å². The van der Waals surface area contributed by atoms with Crippen LogP contribution in [0.15, 0.2) is 36.4 Å². The first kappa shape index (κ1) is 13.4. The highest BCUT2D eigenvalue weighted by atomic mass is 16.5. The Morgan fingerprint density at radius 1 is 1.11 bits per heavy atom. The van der Waals surface area contributed by atoms with Gasteiger partial charge in [-0.3, -0.25) is 0 Å². The molecule has 19 heavy (non-hydrogen) atoms. The molecule has 0 saturated carbocycles. The lowest BCUT2D eigenvalue weighted by atomic mass is 10.1. The lowest BCUT2D eigenvalue weighted by molar-refractivity contribution is 0.464. The molecule has 0 amide bonds. The molecule has 1 aromatic heterocycles. The van der Waals surface area contributed by atoms with Crippen molar-refractivity contribution >= 4 is 5.69 Å². The number of benzene rings is 1. The molecule has 0 aliphatic rings. The van der Waals surface area contributed by atoms with Gasteiger partial charge in [-0.05, 0) is 49.6 Å². The number of hydrogen-bond donors (Lipinski definition) is 1. The molecular formula is C16H20N2O. The fourth-order valence-corrected chi connectivity index (χ4v) is 1.84. The van der Waals surface area contributed by atoms with Crippen LogP contribution in [-0.4, -0.2) is 4.98 Å². The molecular weight excluding hydrogens is 236 g/mol. The van der Waals surface area contributed by atoms with E-state index in [1.165, 1.54) is 18.4 Å². The van der Waals surface area contributed by atoms with Gasteiger partial charge in [0.25, 0.3) is 0 Å². The number of unbranched alkanes of at least 4 members (excludes halogenated alkanes) is 1. The number of aryl methyl sites for hydroxylation is 2. The minimum Gasteiger partial charge on any atom is -0.437 e. The lowest BCUT2D eigenvalue weighted by Gasteiger charge is -2.08. The van der Waals surface area contributed by atoms with Crippen molar-refractivity contribution in [2.75, 3.05) is 5.73 Å². The van der Waals surface area contributed by atoms with E-state index in [0.717, 1.165) is 17.9 Å². The molecule has 1 aromatic carbocycles. The van der Waals surface area contributed by atoms with Crippen molar-refractivity contribution in [2.45, 2.75) is 33.1 Å². The quantitative estimate of drug-likeness (QED) is 0.875. The van der Waals surface area contributed by atoms with Crippen LogP contribution in [0.5, 0.6) is 11.6 Å². The van der Waals surface area contributed by atoms with E-state index in [1.54, 1.807) is 0 Å². The Hall–Kier alpha value is -2.03. The van der Waals surface area contributed by atoms with Gasteiger partial charge in [-0.25, -0.2) is 4.98 Å². The van der Waals surface area contributed by atoms with Crippen LogP contribution in [-0.2, 0) is 6.42 Å². The Bertz CT molecular complexity index is 535. The topological polar surface area (TPSA) is 48.1 Å². The largest absolute Gasteiger partial charge is 0.437 e. The highest BCUT2D eigenvalue weighted by Gasteiger charge is 2.04. The van der Waals surface area contributed by atoms with E-state index in [4.69, 9.17) is 10.5 Å². The van der Waals surface area contributed by atoms with Crippen LogP contribution in [0.2, 0.25) is 0 Å². The zero-order chi connectivity index (χ0) is 13.7. The van der Waals surface area contributed by atoms with Crippen molar-refractivity contribution in [3.63, 3.8) is 0 Å². The number of pyridine rings is 1. The summed E-state index contributed by atoms with van der Waals surface area (Å²) in [4.78, 5) is 4.29. The van der Waals surface area contributed by atoms with Crippen LogP contribution in [0.25, 0.3) is 0 Å². The van der Waals surface area contributed by atoms with Crippen molar-refractivity contribution in [3.8, 4) is 11.6 Å². The highest BCUT2D eigenvalue weighted by molar-refractivity contribution is 5.50. The van der Waals surface area contributed by atoms with Crippen LogP contribution < -0.4 is 10.5 Å². The third-order valence-corrected chi connectivity index (χ3v) is 2.99. The molecule has 100 valence electrons. The zero-order valence-electron chi connectivity index (χ0n) is 11.5. The molecule has 0 aliphatic carbocycles. The van der Waals surface area contributed by atoms with Crippen LogP contribution in [0.1, 0.15) is 31.0 Å². The van der Waals surface area contributed by atoms with Crippen molar-refractivity contribution in [1.29, 1.82) is 0 Å². The number of rotatable bonds is 5. The summed E-state index contributed by atoms with van der Waals surface area (Å²) in [6, 6.07) is 11.8. The maximum Gasteiger partial charge on any atom is 0.242 e. The fraction of sp³-hybridized carbons (Fsp3) is 0.312. The number of nitrogen functional groups attached to an aromatic ring is 1. The third kappa shape index (κ3) is 3.71. The monoisotopic (exact) mass is 256 g/mol. The number of aromatic nitrogens is 1. The summed E-state index contributed by atoms with van der Waals surface area (Å²) in [5.74, 6) is 1.24. The molecule has 0 fully saturated rings. The Morgan fingerprint density at radius 2 is 1.84 bits per heavy atom. The van der Waals surface area contributed by atoms with E-state index in [1.807, 2.05) is 31.2 Å². The van der Waals surface area contributed by atoms with Gasteiger partial charge in [0.05, 0.1) is 5.69 Å². The van der Waals surface area contributed by atoms with Crippen LogP contribution in [0.3, 0.4) is 0 Å². The van der Waals surface area contributed by atoms with E-state index in [0.29, 0.717) is 11.6 Å². The van der Waals surface area contributed by atoms with Crippen LogP contribution in [0.4, 0.5) is 5.69 Å². The van der Waals surface area contributed by atoms with E-state index in [9.17, 15) is 0 Å². The second-order valence-corrected chi connectivity index (χ2v) is 4.70. The Balaban J connectivity index is 2.08. The van der Waals surface area contributed by atoms with Gasteiger partial charge in [0.1, 0.15) is 5.75 Å². The molecule has 2 N–H and O–H groups in total. The minimum absolute atomic E-state index is 0.473. The summed E-state index contributed by atoms with van der Waals surface area (Å²) in [6.07, 6.45) is 3.54. The number of anilines is 1. The molecule has 0 radical (unpaired) electrons. The number of hydrogen-bond acceptors (Lipinski definition) is 3.